The quantitative estimate of drug-likeness (QED) is 0.621. The average Bonchev–Trinajstić information content (AvgIpc) is 3.16. The van der Waals surface area contributed by atoms with Crippen LogP contribution in [0.15, 0.2) is 29.8 Å². The molecule has 1 atom stereocenters. The second-order valence-electron chi connectivity index (χ2n) is 4.78. The fourth-order valence-electron chi connectivity index (χ4n) is 2.14. The van der Waals surface area contributed by atoms with Crippen LogP contribution in [0.1, 0.15) is 10.4 Å². The molecule has 123 valence electrons. The number of cyclic esters (lactones) is 1. The molecular formula is C14H12AcFN4O3S-. The normalized spacial score (nSPS) is 16.5. The van der Waals surface area contributed by atoms with E-state index in [0.29, 0.717) is 5.13 Å². The van der Waals surface area contributed by atoms with Gasteiger partial charge in [0.25, 0.3) is 5.91 Å². The molecular weight excluding hydrogens is 550 g/mol. The Hall–Kier alpha value is -1.08. The molecule has 1 saturated heterocycles. The second-order valence-corrected chi connectivity index (χ2v) is 5.67. The molecule has 0 spiro atoms. The van der Waals surface area contributed by atoms with E-state index < -0.39 is 23.9 Å². The number of hydrogen-bond donors (Lipinski definition) is 1. The van der Waals surface area contributed by atoms with E-state index in [1.807, 2.05) is 0 Å². The minimum atomic E-state index is -0.751. The number of nitrogens with one attached hydrogen (secondary N) is 2. The van der Waals surface area contributed by atoms with Gasteiger partial charge in [0.1, 0.15) is 11.9 Å². The van der Waals surface area contributed by atoms with Gasteiger partial charge >= 0.3 is 6.09 Å². The topological polar surface area (TPSA) is 95.3 Å². The van der Waals surface area contributed by atoms with Gasteiger partial charge in [-0.1, -0.05) is 0 Å². The molecule has 1 radical (unpaired) electrons. The summed E-state index contributed by atoms with van der Waals surface area (Å²) >= 11 is 1.23. The second kappa shape index (κ2) is 8.34. The van der Waals surface area contributed by atoms with Crippen molar-refractivity contribution in [3.63, 3.8) is 0 Å². The average molecular weight is 562 g/mol. The fourth-order valence-corrected chi connectivity index (χ4v) is 2.67. The van der Waals surface area contributed by atoms with E-state index >= 15 is 0 Å². The number of aromatic nitrogens is 1. The van der Waals surface area contributed by atoms with Crippen LogP contribution < -0.4 is 10.2 Å². The summed E-state index contributed by atoms with van der Waals surface area (Å²) in [4.78, 5) is 28.8. The predicted molar refractivity (Wildman–Crippen MR) is 83.3 cm³/mol. The molecule has 0 saturated carbocycles. The van der Waals surface area contributed by atoms with Crippen molar-refractivity contribution in [1.82, 2.24) is 4.98 Å². The molecule has 1 fully saturated rings. The van der Waals surface area contributed by atoms with Crippen LogP contribution in [0.3, 0.4) is 0 Å². The summed E-state index contributed by atoms with van der Waals surface area (Å²) in [5.41, 5.74) is 7.37. The summed E-state index contributed by atoms with van der Waals surface area (Å²) in [5, 5.41) is 4.56. The predicted octanol–water partition coefficient (Wildman–Crippen LogP) is 2.91. The van der Waals surface area contributed by atoms with Crippen LogP contribution in [-0.4, -0.2) is 36.2 Å². The van der Waals surface area contributed by atoms with Crippen molar-refractivity contribution in [3.8, 4) is 0 Å². The molecule has 1 aliphatic heterocycles. The van der Waals surface area contributed by atoms with Crippen LogP contribution in [0.25, 0.3) is 5.73 Å². The van der Waals surface area contributed by atoms with Gasteiger partial charge in [-0.2, -0.15) is 0 Å². The minimum Gasteiger partial charge on any atom is -0.674 e. The Bertz CT molecular complexity index is 744. The zero-order chi connectivity index (χ0) is 16.4. The van der Waals surface area contributed by atoms with Crippen molar-refractivity contribution >= 4 is 34.2 Å². The van der Waals surface area contributed by atoms with Crippen molar-refractivity contribution in [2.24, 2.45) is 0 Å². The summed E-state index contributed by atoms with van der Waals surface area (Å²) in [6.07, 6.45) is 0.377. The van der Waals surface area contributed by atoms with Gasteiger partial charge in [0.05, 0.1) is 17.8 Å². The Balaban J connectivity index is 0.00000208. The number of ether oxygens (including phenoxy) is 1. The van der Waals surface area contributed by atoms with Crippen molar-refractivity contribution in [2.75, 3.05) is 23.3 Å². The summed E-state index contributed by atoms with van der Waals surface area (Å²) in [7, 11) is 0. The van der Waals surface area contributed by atoms with E-state index in [1.54, 1.807) is 5.38 Å². The molecule has 2 aromatic rings. The van der Waals surface area contributed by atoms with Crippen molar-refractivity contribution < 1.29 is 62.8 Å². The monoisotopic (exact) mass is 562 g/mol. The third-order valence-corrected chi connectivity index (χ3v) is 3.95. The molecule has 2 heterocycles. The molecule has 0 unspecified atom stereocenters. The number of carbonyl (C=O) groups excluding carboxylic acids is 2. The molecule has 0 aliphatic carbocycles. The Labute approximate surface area is 176 Å². The van der Waals surface area contributed by atoms with Gasteiger partial charge in [0, 0.05) is 55.6 Å². The first-order chi connectivity index (χ1) is 11.1. The molecule has 1 aromatic carbocycles. The molecule has 1 aromatic heterocycles. The van der Waals surface area contributed by atoms with Crippen LogP contribution >= 0.6 is 11.3 Å². The molecule has 2 N–H and O–H groups in total. The van der Waals surface area contributed by atoms with E-state index in [-0.39, 0.29) is 68.4 Å². The molecule has 7 nitrogen and oxygen atoms in total. The number of thiazole rings is 1. The summed E-state index contributed by atoms with van der Waals surface area (Å²) in [6, 6.07) is 3.87. The number of amides is 2. The standard InChI is InChI=1S/C14H12FN4O3S.Ac/c15-11-5-8(19-7-9(6-16)22-14(19)21)1-2-10(11)12(20)18-13-17-3-4-23-13;/h1-5,9,16H,6-7H2,(H,17,18,20);/q-1;/t9-;/m0./s1. The summed E-state index contributed by atoms with van der Waals surface area (Å²) in [6.45, 7) is 0.130. The third kappa shape index (κ3) is 4.11. The maximum Gasteiger partial charge on any atom is 0.414 e. The Kier molecular flexibility index (Phi) is 6.69. The Morgan fingerprint density at radius 2 is 2.33 bits per heavy atom. The summed E-state index contributed by atoms with van der Waals surface area (Å²) < 4.78 is 19.2. The first-order valence-electron chi connectivity index (χ1n) is 6.71. The van der Waals surface area contributed by atoms with Crippen molar-refractivity contribution in [1.29, 1.82) is 0 Å². The van der Waals surface area contributed by atoms with Gasteiger partial charge in [0.2, 0.25) is 0 Å². The van der Waals surface area contributed by atoms with Crippen LogP contribution in [0.5, 0.6) is 0 Å². The van der Waals surface area contributed by atoms with E-state index in [0.717, 1.165) is 6.07 Å². The van der Waals surface area contributed by atoms with Gasteiger partial charge < -0.3 is 10.5 Å². The fraction of sp³-hybridized carbons (Fsp3) is 0.214. The van der Waals surface area contributed by atoms with E-state index in [9.17, 15) is 14.0 Å². The van der Waals surface area contributed by atoms with Crippen LogP contribution in [0, 0.1) is 49.9 Å². The molecule has 1 aliphatic rings. The van der Waals surface area contributed by atoms with Gasteiger partial charge in [-0.3, -0.25) is 15.0 Å². The molecule has 10 heteroatoms. The SMILES string of the molecule is [Ac].[NH-]C[C@H]1CN(c2ccc(C(=O)Nc3nccs3)c(F)c2)C(=O)O1. The zero-order valence-electron chi connectivity index (χ0n) is 12.4. The van der Waals surface area contributed by atoms with Crippen molar-refractivity contribution in [3.05, 3.63) is 46.9 Å². The zero-order valence-corrected chi connectivity index (χ0v) is 17.9. The van der Waals surface area contributed by atoms with Gasteiger partial charge in [0.15, 0.2) is 5.13 Å². The largest absolute Gasteiger partial charge is 0.674 e. The number of anilines is 2. The molecule has 0 bridgehead atoms. The van der Waals surface area contributed by atoms with Gasteiger partial charge in [-0.15, -0.1) is 17.9 Å². The number of nitrogens with zero attached hydrogens (tertiary/aromatic N) is 2. The van der Waals surface area contributed by atoms with Crippen molar-refractivity contribution in [2.45, 2.75) is 6.10 Å². The number of hydrogen-bond acceptors (Lipinski definition) is 5. The van der Waals surface area contributed by atoms with Crippen LogP contribution in [-0.2, 0) is 4.74 Å². The smallest absolute Gasteiger partial charge is 0.414 e. The van der Waals surface area contributed by atoms with E-state index in [4.69, 9.17) is 10.5 Å². The number of halogens is 1. The molecule has 2 amide bonds. The van der Waals surface area contributed by atoms with E-state index in [1.165, 1.54) is 34.6 Å². The minimum absolute atomic E-state index is 0. The van der Waals surface area contributed by atoms with E-state index in [2.05, 4.69) is 10.3 Å². The molecule has 24 heavy (non-hydrogen) atoms. The van der Waals surface area contributed by atoms with Gasteiger partial charge in [-0.05, 0) is 18.2 Å². The Morgan fingerprint density at radius 3 is 2.92 bits per heavy atom. The van der Waals surface area contributed by atoms with Crippen LogP contribution in [0.4, 0.5) is 20.0 Å². The molecule has 3 rings (SSSR count). The maximum absolute atomic E-state index is 14.2. The van der Waals surface area contributed by atoms with Crippen LogP contribution in [0.2, 0.25) is 0 Å². The van der Waals surface area contributed by atoms with Gasteiger partial charge in [-0.25, -0.2) is 14.2 Å². The number of carbonyl (C=O) groups is 2. The maximum atomic E-state index is 14.2. The number of rotatable bonds is 4. The number of benzene rings is 1. The first kappa shape index (κ1) is 19.2. The summed E-state index contributed by atoms with van der Waals surface area (Å²) in [5.74, 6) is -1.37. The third-order valence-electron chi connectivity index (χ3n) is 3.26. The Morgan fingerprint density at radius 1 is 1.54 bits per heavy atom. The first-order valence-corrected chi connectivity index (χ1v) is 7.59.